The molecule has 92 valence electrons. The van der Waals surface area contributed by atoms with Gasteiger partial charge >= 0.3 is 0 Å². The maximum atomic E-state index is 11.7. The van der Waals surface area contributed by atoms with Crippen LogP contribution in [0.2, 0.25) is 0 Å². The van der Waals surface area contributed by atoms with Crippen LogP contribution in [0.3, 0.4) is 0 Å². The van der Waals surface area contributed by atoms with Crippen molar-refractivity contribution in [2.24, 2.45) is 5.92 Å². The number of hydrogen-bond acceptors (Lipinski definition) is 2. The van der Waals surface area contributed by atoms with Crippen LogP contribution in [0.5, 0.6) is 0 Å². The second kappa shape index (κ2) is 6.18. The van der Waals surface area contributed by atoms with Crippen molar-refractivity contribution < 1.29 is 9.59 Å². The number of hydrogen-bond donors (Lipinski definition) is 1. The molecule has 0 aliphatic heterocycles. The van der Waals surface area contributed by atoms with Gasteiger partial charge in [-0.1, -0.05) is 43.7 Å². The van der Waals surface area contributed by atoms with E-state index in [9.17, 15) is 9.59 Å². The van der Waals surface area contributed by atoms with E-state index in [0.29, 0.717) is 17.9 Å². The quantitative estimate of drug-likeness (QED) is 0.793. The molecule has 0 saturated carbocycles. The lowest BCUT2D eigenvalue weighted by Gasteiger charge is -2.06. The number of benzene rings is 1. The molecule has 3 heteroatoms. The number of ketones is 1. The van der Waals surface area contributed by atoms with Gasteiger partial charge in [0.2, 0.25) is 5.91 Å². The fraction of sp³-hybridized carbons (Fsp3) is 0.429. The summed E-state index contributed by atoms with van der Waals surface area (Å²) in [6.45, 7) is 6.00. The zero-order valence-electron chi connectivity index (χ0n) is 10.6. The fourth-order valence-corrected chi connectivity index (χ4v) is 1.46. The number of aryl methyl sites for hydroxylation is 1. The molecule has 0 spiro atoms. The molecule has 0 bridgehead atoms. The predicted molar refractivity (Wildman–Crippen MR) is 68.0 cm³/mol. The van der Waals surface area contributed by atoms with Crippen LogP contribution in [0.25, 0.3) is 0 Å². The molecule has 0 aromatic heterocycles. The van der Waals surface area contributed by atoms with Gasteiger partial charge in [0, 0.05) is 12.0 Å². The van der Waals surface area contributed by atoms with E-state index in [1.165, 1.54) is 0 Å². The Morgan fingerprint density at radius 3 is 2.29 bits per heavy atom. The van der Waals surface area contributed by atoms with E-state index in [1.807, 2.05) is 32.9 Å². The molecular formula is C14H19NO2. The van der Waals surface area contributed by atoms with E-state index in [-0.39, 0.29) is 18.2 Å². The SMILES string of the molecule is Cc1ccc(C(=O)CNC(=O)CC(C)C)cc1. The molecular weight excluding hydrogens is 214 g/mol. The largest absolute Gasteiger partial charge is 0.349 e. The minimum atomic E-state index is -0.0690. The van der Waals surface area contributed by atoms with Gasteiger partial charge < -0.3 is 5.32 Å². The van der Waals surface area contributed by atoms with Gasteiger partial charge in [0.05, 0.1) is 6.54 Å². The Bertz CT molecular complexity index is 393. The molecule has 0 atom stereocenters. The average Bonchev–Trinajstić information content (AvgIpc) is 2.26. The highest BCUT2D eigenvalue weighted by molar-refractivity contribution is 5.99. The Morgan fingerprint density at radius 1 is 1.18 bits per heavy atom. The van der Waals surface area contributed by atoms with Gasteiger partial charge in [-0.15, -0.1) is 0 Å². The van der Waals surface area contributed by atoms with Crippen molar-refractivity contribution in [2.45, 2.75) is 27.2 Å². The van der Waals surface area contributed by atoms with Crippen LogP contribution in [0.1, 0.15) is 36.2 Å². The van der Waals surface area contributed by atoms with E-state index in [1.54, 1.807) is 12.1 Å². The third kappa shape index (κ3) is 4.81. The lowest BCUT2D eigenvalue weighted by Crippen LogP contribution is -2.30. The van der Waals surface area contributed by atoms with Crippen molar-refractivity contribution in [3.63, 3.8) is 0 Å². The van der Waals surface area contributed by atoms with Gasteiger partial charge in [0.25, 0.3) is 0 Å². The summed E-state index contributed by atoms with van der Waals surface area (Å²) >= 11 is 0. The summed E-state index contributed by atoms with van der Waals surface area (Å²) in [7, 11) is 0. The summed E-state index contributed by atoms with van der Waals surface area (Å²) in [6.07, 6.45) is 0.460. The molecule has 0 fully saturated rings. The third-order valence-electron chi connectivity index (χ3n) is 2.41. The highest BCUT2D eigenvalue weighted by Crippen LogP contribution is 2.04. The molecule has 0 unspecified atom stereocenters. The molecule has 0 aliphatic rings. The first-order valence-electron chi connectivity index (χ1n) is 5.85. The first-order chi connectivity index (χ1) is 7.99. The number of carbonyl (C=O) groups is 2. The Balaban J connectivity index is 2.45. The summed E-state index contributed by atoms with van der Waals surface area (Å²) in [5, 5.41) is 2.64. The first-order valence-corrected chi connectivity index (χ1v) is 5.85. The maximum absolute atomic E-state index is 11.7. The number of Topliss-reactive ketones (excluding diaryl/α,β-unsaturated/α-hetero) is 1. The van der Waals surface area contributed by atoms with Gasteiger partial charge in [-0.2, -0.15) is 0 Å². The number of carbonyl (C=O) groups excluding carboxylic acids is 2. The molecule has 1 rings (SSSR count). The van der Waals surface area contributed by atoms with Crippen LogP contribution < -0.4 is 5.32 Å². The van der Waals surface area contributed by atoms with Gasteiger partial charge in [0.15, 0.2) is 5.78 Å². The standard InChI is InChI=1S/C14H19NO2/c1-10(2)8-14(17)15-9-13(16)12-6-4-11(3)5-7-12/h4-7,10H,8-9H2,1-3H3,(H,15,17). The number of rotatable bonds is 5. The molecule has 1 aromatic carbocycles. The van der Waals surface area contributed by atoms with Crippen molar-refractivity contribution >= 4 is 11.7 Å². The lowest BCUT2D eigenvalue weighted by molar-refractivity contribution is -0.121. The normalized spacial score (nSPS) is 10.4. The molecule has 1 amide bonds. The summed E-state index contributed by atoms with van der Waals surface area (Å²) in [6, 6.07) is 7.35. The summed E-state index contributed by atoms with van der Waals surface area (Å²) in [5.74, 6) is 0.187. The predicted octanol–water partition coefficient (Wildman–Crippen LogP) is 2.34. The van der Waals surface area contributed by atoms with Crippen LogP contribution in [-0.2, 0) is 4.79 Å². The van der Waals surface area contributed by atoms with Gasteiger partial charge in [-0.25, -0.2) is 0 Å². The topological polar surface area (TPSA) is 46.2 Å². The highest BCUT2D eigenvalue weighted by Gasteiger charge is 2.08. The summed E-state index contributed by atoms with van der Waals surface area (Å²) in [4.78, 5) is 23.1. The van der Waals surface area contributed by atoms with E-state index in [0.717, 1.165) is 5.56 Å². The van der Waals surface area contributed by atoms with Crippen LogP contribution in [-0.4, -0.2) is 18.2 Å². The number of amides is 1. The Morgan fingerprint density at radius 2 is 1.76 bits per heavy atom. The van der Waals surface area contributed by atoms with Crippen molar-refractivity contribution in [3.8, 4) is 0 Å². The van der Waals surface area contributed by atoms with E-state index < -0.39 is 0 Å². The third-order valence-corrected chi connectivity index (χ3v) is 2.41. The summed E-state index contributed by atoms with van der Waals surface area (Å²) in [5.41, 5.74) is 1.76. The second-order valence-corrected chi connectivity index (χ2v) is 4.66. The lowest BCUT2D eigenvalue weighted by atomic mass is 10.1. The Labute approximate surface area is 102 Å². The van der Waals surface area contributed by atoms with Gasteiger partial charge in [-0.3, -0.25) is 9.59 Å². The van der Waals surface area contributed by atoms with Gasteiger partial charge in [-0.05, 0) is 12.8 Å². The first kappa shape index (κ1) is 13.4. The molecule has 0 saturated heterocycles. The molecule has 0 radical (unpaired) electrons. The van der Waals surface area contributed by atoms with Crippen molar-refractivity contribution in [3.05, 3.63) is 35.4 Å². The van der Waals surface area contributed by atoms with E-state index >= 15 is 0 Å². The van der Waals surface area contributed by atoms with Crippen LogP contribution in [0.15, 0.2) is 24.3 Å². The van der Waals surface area contributed by atoms with Crippen LogP contribution in [0.4, 0.5) is 0 Å². The van der Waals surface area contributed by atoms with E-state index in [4.69, 9.17) is 0 Å². The van der Waals surface area contributed by atoms with Crippen molar-refractivity contribution in [1.82, 2.24) is 5.32 Å². The molecule has 1 aromatic rings. The highest BCUT2D eigenvalue weighted by atomic mass is 16.2. The fourth-order valence-electron chi connectivity index (χ4n) is 1.46. The van der Waals surface area contributed by atoms with Crippen LogP contribution in [0, 0.1) is 12.8 Å². The zero-order chi connectivity index (χ0) is 12.8. The minimum absolute atomic E-state index is 0.0536. The minimum Gasteiger partial charge on any atom is -0.349 e. The Kier molecular flexibility index (Phi) is 4.88. The molecule has 1 N–H and O–H groups in total. The zero-order valence-corrected chi connectivity index (χ0v) is 10.6. The molecule has 17 heavy (non-hydrogen) atoms. The molecule has 3 nitrogen and oxygen atoms in total. The molecule has 0 aliphatic carbocycles. The van der Waals surface area contributed by atoms with Crippen molar-refractivity contribution in [1.29, 1.82) is 0 Å². The smallest absolute Gasteiger partial charge is 0.220 e. The second-order valence-electron chi connectivity index (χ2n) is 4.66. The van der Waals surface area contributed by atoms with Crippen LogP contribution >= 0.6 is 0 Å². The van der Waals surface area contributed by atoms with E-state index in [2.05, 4.69) is 5.32 Å². The van der Waals surface area contributed by atoms with Gasteiger partial charge in [0.1, 0.15) is 0 Å². The van der Waals surface area contributed by atoms with Crippen molar-refractivity contribution in [2.75, 3.05) is 6.54 Å². The Hall–Kier alpha value is -1.64. The average molecular weight is 233 g/mol. The summed E-state index contributed by atoms with van der Waals surface area (Å²) < 4.78 is 0. The maximum Gasteiger partial charge on any atom is 0.220 e. The number of nitrogens with one attached hydrogen (secondary N) is 1. The molecule has 0 heterocycles. The monoisotopic (exact) mass is 233 g/mol.